The first-order valence-corrected chi connectivity index (χ1v) is 8.21. The Labute approximate surface area is 149 Å². The van der Waals surface area contributed by atoms with Gasteiger partial charge < -0.3 is 15.4 Å². The molecule has 1 unspecified atom stereocenters. The van der Waals surface area contributed by atoms with E-state index in [4.69, 9.17) is 4.74 Å². The van der Waals surface area contributed by atoms with E-state index >= 15 is 0 Å². The molecule has 1 aromatic rings. The SMILES string of the molecule is CCCCOCCNC(=NC)NCC(C)c1cccs1.I. The summed E-state index contributed by atoms with van der Waals surface area (Å²) in [5.41, 5.74) is 0. The highest BCUT2D eigenvalue weighted by Gasteiger charge is 2.07. The zero-order valence-corrected chi connectivity index (χ0v) is 16.4. The summed E-state index contributed by atoms with van der Waals surface area (Å²) in [4.78, 5) is 5.62. The molecule has 0 radical (unpaired) electrons. The van der Waals surface area contributed by atoms with Gasteiger partial charge in [-0.15, -0.1) is 35.3 Å². The van der Waals surface area contributed by atoms with Crippen LogP contribution < -0.4 is 10.6 Å². The molecule has 2 N–H and O–H groups in total. The van der Waals surface area contributed by atoms with E-state index < -0.39 is 0 Å². The number of unbranched alkanes of at least 4 members (excludes halogenated alkanes) is 1. The van der Waals surface area contributed by atoms with Crippen molar-refractivity contribution in [2.45, 2.75) is 32.6 Å². The number of hydrogen-bond acceptors (Lipinski definition) is 3. The van der Waals surface area contributed by atoms with Gasteiger partial charge in [0.05, 0.1) is 6.61 Å². The lowest BCUT2D eigenvalue weighted by Gasteiger charge is -2.15. The number of ether oxygens (including phenoxy) is 1. The molecular weight excluding hydrogens is 397 g/mol. The number of nitrogens with zero attached hydrogens (tertiary/aromatic N) is 1. The van der Waals surface area contributed by atoms with Crippen molar-refractivity contribution in [3.05, 3.63) is 22.4 Å². The topological polar surface area (TPSA) is 45.6 Å². The number of rotatable bonds is 9. The Bertz CT molecular complexity index is 371. The molecule has 1 rings (SSSR count). The van der Waals surface area contributed by atoms with Crippen molar-refractivity contribution in [1.82, 2.24) is 10.6 Å². The van der Waals surface area contributed by atoms with Crippen molar-refractivity contribution in [2.75, 3.05) is 33.4 Å². The van der Waals surface area contributed by atoms with E-state index in [9.17, 15) is 0 Å². The number of hydrogen-bond donors (Lipinski definition) is 2. The standard InChI is InChI=1S/C15H27N3OS.HI/c1-4-5-9-19-10-8-17-15(16-3)18-12-13(2)14-7-6-11-20-14;/h6-7,11,13H,4-5,8-10,12H2,1-3H3,(H2,16,17,18);1H. The Balaban J connectivity index is 0.00000400. The smallest absolute Gasteiger partial charge is 0.191 e. The van der Waals surface area contributed by atoms with Crippen LogP contribution in [0.2, 0.25) is 0 Å². The second-order valence-corrected chi connectivity index (χ2v) is 5.74. The summed E-state index contributed by atoms with van der Waals surface area (Å²) in [6, 6.07) is 4.27. The van der Waals surface area contributed by atoms with Crippen LogP contribution in [0.4, 0.5) is 0 Å². The maximum absolute atomic E-state index is 5.51. The van der Waals surface area contributed by atoms with Crippen LogP contribution in [0.15, 0.2) is 22.5 Å². The first kappa shape index (κ1) is 20.7. The zero-order chi connectivity index (χ0) is 14.6. The summed E-state index contributed by atoms with van der Waals surface area (Å²) in [5.74, 6) is 1.34. The maximum Gasteiger partial charge on any atom is 0.191 e. The van der Waals surface area contributed by atoms with Crippen LogP contribution in [-0.4, -0.2) is 39.3 Å². The average Bonchev–Trinajstić information content (AvgIpc) is 2.99. The number of thiophene rings is 1. The van der Waals surface area contributed by atoms with E-state index in [1.54, 1.807) is 18.4 Å². The molecular formula is C15H28IN3OS. The highest BCUT2D eigenvalue weighted by atomic mass is 127. The zero-order valence-electron chi connectivity index (χ0n) is 13.2. The molecule has 122 valence electrons. The second kappa shape index (κ2) is 13.3. The largest absolute Gasteiger partial charge is 0.380 e. The molecule has 1 atom stereocenters. The van der Waals surface area contributed by atoms with Gasteiger partial charge in [0.15, 0.2) is 5.96 Å². The average molecular weight is 425 g/mol. The lowest BCUT2D eigenvalue weighted by Crippen LogP contribution is -2.40. The number of aliphatic imine (C=N–C) groups is 1. The maximum atomic E-state index is 5.51. The normalized spacial score (nSPS) is 12.6. The Kier molecular flexibility index (Phi) is 13.1. The van der Waals surface area contributed by atoms with Gasteiger partial charge in [0.25, 0.3) is 0 Å². The molecule has 21 heavy (non-hydrogen) atoms. The minimum absolute atomic E-state index is 0. The monoisotopic (exact) mass is 425 g/mol. The summed E-state index contributed by atoms with van der Waals surface area (Å²) in [7, 11) is 1.79. The van der Waals surface area contributed by atoms with E-state index in [0.717, 1.165) is 38.7 Å². The summed E-state index contributed by atoms with van der Waals surface area (Å²) < 4.78 is 5.51. The molecule has 0 aliphatic carbocycles. The van der Waals surface area contributed by atoms with Crippen molar-refractivity contribution < 1.29 is 4.74 Å². The van der Waals surface area contributed by atoms with Gasteiger partial charge in [0.1, 0.15) is 0 Å². The molecule has 0 spiro atoms. The summed E-state index contributed by atoms with van der Waals surface area (Å²) in [6.07, 6.45) is 2.31. The van der Waals surface area contributed by atoms with Gasteiger partial charge in [0.2, 0.25) is 0 Å². The number of guanidine groups is 1. The van der Waals surface area contributed by atoms with Crippen molar-refractivity contribution in [2.24, 2.45) is 4.99 Å². The fourth-order valence-electron chi connectivity index (χ4n) is 1.73. The molecule has 0 fully saturated rings. The fourth-order valence-corrected chi connectivity index (χ4v) is 2.52. The van der Waals surface area contributed by atoms with Crippen LogP contribution in [-0.2, 0) is 4.74 Å². The van der Waals surface area contributed by atoms with E-state index in [0.29, 0.717) is 5.92 Å². The quantitative estimate of drug-likeness (QED) is 0.276. The van der Waals surface area contributed by atoms with Crippen molar-refractivity contribution >= 4 is 41.3 Å². The van der Waals surface area contributed by atoms with Crippen LogP contribution in [0.25, 0.3) is 0 Å². The Morgan fingerprint density at radius 1 is 1.38 bits per heavy atom. The number of halogens is 1. The minimum atomic E-state index is 0. The molecule has 4 nitrogen and oxygen atoms in total. The summed E-state index contributed by atoms with van der Waals surface area (Å²) in [5, 5.41) is 8.73. The van der Waals surface area contributed by atoms with Crippen LogP contribution in [0.1, 0.15) is 37.5 Å². The van der Waals surface area contributed by atoms with Crippen LogP contribution in [0.3, 0.4) is 0 Å². The molecule has 0 aliphatic heterocycles. The Morgan fingerprint density at radius 2 is 2.19 bits per heavy atom. The summed E-state index contributed by atoms with van der Waals surface area (Å²) in [6.45, 7) is 7.64. The van der Waals surface area contributed by atoms with Gasteiger partial charge >= 0.3 is 0 Å². The summed E-state index contributed by atoms with van der Waals surface area (Å²) >= 11 is 1.80. The first-order chi connectivity index (χ1) is 9.77. The van der Waals surface area contributed by atoms with Gasteiger partial charge in [-0.05, 0) is 17.9 Å². The number of nitrogens with one attached hydrogen (secondary N) is 2. The molecule has 0 saturated heterocycles. The van der Waals surface area contributed by atoms with Crippen molar-refractivity contribution in [1.29, 1.82) is 0 Å². The van der Waals surface area contributed by atoms with Gasteiger partial charge in [-0.3, -0.25) is 4.99 Å². The molecule has 0 amide bonds. The van der Waals surface area contributed by atoms with Gasteiger partial charge in [-0.2, -0.15) is 0 Å². The van der Waals surface area contributed by atoms with Crippen molar-refractivity contribution in [3.63, 3.8) is 0 Å². The third kappa shape index (κ3) is 9.31. The van der Waals surface area contributed by atoms with Gasteiger partial charge in [-0.25, -0.2) is 0 Å². The van der Waals surface area contributed by atoms with Gasteiger partial charge in [0, 0.05) is 37.5 Å². The van der Waals surface area contributed by atoms with E-state index in [1.807, 2.05) is 0 Å². The fraction of sp³-hybridized carbons (Fsp3) is 0.667. The van der Waals surface area contributed by atoms with Crippen LogP contribution in [0, 0.1) is 0 Å². The molecule has 1 heterocycles. The third-order valence-corrected chi connectivity index (χ3v) is 4.11. The first-order valence-electron chi connectivity index (χ1n) is 7.33. The molecule has 0 bridgehead atoms. The van der Waals surface area contributed by atoms with Crippen molar-refractivity contribution in [3.8, 4) is 0 Å². The minimum Gasteiger partial charge on any atom is -0.380 e. The molecule has 6 heteroatoms. The highest BCUT2D eigenvalue weighted by molar-refractivity contribution is 14.0. The Morgan fingerprint density at radius 3 is 2.81 bits per heavy atom. The van der Waals surface area contributed by atoms with E-state index in [-0.39, 0.29) is 24.0 Å². The highest BCUT2D eigenvalue weighted by Crippen LogP contribution is 2.19. The second-order valence-electron chi connectivity index (χ2n) is 4.76. The van der Waals surface area contributed by atoms with Gasteiger partial charge in [-0.1, -0.05) is 26.3 Å². The molecule has 1 aromatic heterocycles. The van der Waals surface area contributed by atoms with E-state index in [2.05, 4.69) is 47.0 Å². The third-order valence-electron chi connectivity index (χ3n) is 3.01. The lowest BCUT2D eigenvalue weighted by atomic mass is 10.1. The van der Waals surface area contributed by atoms with Crippen LogP contribution in [0.5, 0.6) is 0 Å². The molecule has 0 saturated carbocycles. The molecule has 0 aromatic carbocycles. The predicted molar refractivity (Wildman–Crippen MR) is 103 cm³/mol. The molecule has 0 aliphatic rings. The lowest BCUT2D eigenvalue weighted by molar-refractivity contribution is 0.136. The van der Waals surface area contributed by atoms with Crippen LogP contribution >= 0.6 is 35.3 Å². The predicted octanol–water partition coefficient (Wildman–Crippen LogP) is 3.45. The van der Waals surface area contributed by atoms with E-state index in [1.165, 1.54) is 11.3 Å². The Hall–Kier alpha value is -0.340.